The summed E-state index contributed by atoms with van der Waals surface area (Å²) in [5.74, 6) is 0. The van der Waals surface area contributed by atoms with Gasteiger partial charge in [0, 0.05) is 0 Å². The van der Waals surface area contributed by atoms with Crippen LogP contribution in [0.25, 0.3) is 11.1 Å². The van der Waals surface area contributed by atoms with Gasteiger partial charge in [-0.1, -0.05) is 107 Å². The minimum absolute atomic E-state index is 0.138. The standard InChI is InChI=1S/C29H42.2ClH.Zr/c1-26(2,3)22-14-18-13-19-15-23(27(4,5)6)25(29(10,11)12)17-21(19)20(18)16-24(22)28(7,8)9;;;/h14-17H,13H2,1-12H3;2*1H;/q;;;+2/p-2. The molecular weight excluding hydrogens is 510 g/mol. The van der Waals surface area contributed by atoms with Gasteiger partial charge >= 0.3 is 37.9 Å². The molecule has 1 aliphatic rings. The zero-order chi connectivity index (χ0) is 24.9. The Balaban J connectivity index is 0.00000114. The van der Waals surface area contributed by atoms with E-state index >= 15 is 0 Å². The van der Waals surface area contributed by atoms with Gasteiger partial charge in [0.25, 0.3) is 0 Å². The molecule has 3 heteroatoms. The Labute approximate surface area is 216 Å². The maximum atomic E-state index is 4.93. The summed E-state index contributed by atoms with van der Waals surface area (Å²) >= 11 is -0.826. The van der Waals surface area contributed by atoms with Gasteiger partial charge in [-0.25, -0.2) is 0 Å². The summed E-state index contributed by atoms with van der Waals surface area (Å²) in [5, 5.41) is 0. The normalized spacial score (nSPS) is 13.8. The average Bonchev–Trinajstić information content (AvgIpc) is 2.94. The van der Waals surface area contributed by atoms with Gasteiger partial charge in [-0.3, -0.25) is 0 Å². The van der Waals surface area contributed by atoms with E-state index in [1.807, 2.05) is 0 Å². The fourth-order valence-electron chi connectivity index (χ4n) is 4.77. The summed E-state index contributed by atoms with van der Waals surface area (Å²) in [6, 6.07) is 10.1. The molecule has 0 radical (unpaired) electrons. The third-order valence-electron chi connectivity index (χ3n) is 6.39. The van der Waals surface area contributed by atoms with Crippen LogP contribution >= 0.6 is 17.0 Å². The molecule has 176 valence electrons. The van der Waals surface area contributed by atoms with E-state index in [9.17, 15) is 0 Å². The van der Waals surface area contributed by atoms with Crippen LogP contribution in [0.1, 0.15) is 116 Å². The van der Waals surface area contributed by atoms with E-state index in [-0.39, 0.29) is 21.7 Å². The minimum atomic E-state index is -0.826. The molecule has 0 nitrogen and oxygen atoms in total. The Bertz CT molecular complexity index is 895. The zero-order valence-electron chi connectivity index (χ0n) is 22.3. The number of halogens is 2. The first-order valence-electron chi connectivity index (χ1n) is 11.6. The quantitative estimate of drug-likeness (QED) is 0.260. The topological polar surface area (TPSA) is 0 Å². The Kier molecular flexibility index (Phi) is 8.36. The SMILES string of the molecule is CC(C)(C)c1cc2c(cc1C(C)(C)C)-c1cc(C(C)(C)C)c(C(C)(C)C)cc1C2.[Cl][Zr][Cl]. The van der Waals surface area contributed by atoms with E-state index in [0.29, 0.717) is 0 Å². The summed E-state index contributed by atoms with van der Waals surface area (Å²) in [5.41, 5.74) is 12.5. The molecule has 0 bridgehead atoms. The first-order valence-corrected chi connectivity index (χ1v) is 18.0. The van der Waals surface area contributed by atoms with Crippen molar-refractivity contribution in [2.45, 2.75) is 111 Å². The Morgan fingerprint density at radius 3 is 0.938 bits per heavy atom. The molecule has 0 amide bonds. The van der Waals surface area contributed by atoms with Crippen molar-refractivity contribution < 1.29 is 20.8 Å². The van der Waals surface area contributed by atoms with Crippen LogP contribution in [0, 0.1) is 0 Å². The second-order valence-corrected chi connectivity index (χ2v) is 17.1. The molecule has 0 fully saturated rings. The van der Waals surface area contributed by atoms with Crippen LogP contribution in [-0.4, -0.2) is 0 Å². The van der Waals surface area contributed by atoms with Crippen molar-refractivity contribution in [2.75, 3.05) is 0 Å². The predicted octanol–water partition coefficient (Wildman–Crippen LogP) is 9.82. The second-order valence-electron chi connectivity index (χ2n) is 13.4. The van der Waals surface area contributed by atoms with E-state index in [4.69, 9.17) is 17.0 Å². The Morgan fingerprint density at radius 2 is 0.719 bits per heavy atom. The van der Waals surface area contributed by atoms with Gasteiger partial charge in [0.2, 0.25) is 0 Å². The summed E-state index contributed by atoms with van der Waals surface area (Å²) in [6.07, 6.45) is 1.06. The molecule has 32 heavy (non-hydrogen) atoms. The summed E-state index contributed by atoms with van der Waals surface area (Å²) in [6.45, 7) is 28.2. The molecule has 2 aromatic rings. The molecule has 0 aromatic heterocycles. The van der Waals surface area contributed by atoms with Gasteiger partial charge < -0.3 is 0 Å². The van der Waals surface area contributed by atoms with Crippen LogP contribution < -0.4 is 0 Å². The molecule has 2 aromatic carbocycles. The molecular formula is C29H42Cl2Zr. The number of benzene rings is 2. The van der Waals surface area contributed by atoms with Crippen molar-refractivity contribution in [3.63, 3.8) is 0 Å². The van der Waals surface area contributed by atoms with Gasteiger partial charge in [-0.15, -0.1) is 0 Å². The van der Waals surface area contributed by atoms with Crippen molar-refractivity contribution in [3.05, 3.63) is 57.6 Å². The summed E-state index contributed by atoms with van der Waals surface area (Å²) in [7, 11) is 9.87. The fraction of sp³-hybridized carbons (Fsp3) is 0.586. The molecule has 0 N–H and O–H groups in total. The first kappa shape index (κ1) is 28.1. The fourth-order valence-corrected chi connectivity index (χ4v) is 4.77. The van der Waals surface area contributed by atoms with Gasteiger partial charge in [-0.2, -0.15) is 0 Å². The Hall–Kier alpha value is -0.0969. The van der Waals surface area contributed by atoms with Crippen molar-refractivity contribution in [2.24, 2.45) is 0 Å². The maximum absolute atomic E-state index is 4.93. The third-order valence-corrected chi connectivity index (χ3v) is 6.39. The predicted molar refractivity (Wildman–Crippen MR) is 141 cm³/mol. The molecule has 0 heterocycles. The van der Waals surface area contributed by atoms with E-state index in [1.165, 1.54) is 44.5 Å². The zero-order valence-corrected chi connectivity index (χ0v) is 26.2. The van der Waals surface area contributed by atoms with Gasteiger partial charge in [0.1, 0.15) is 0 Å². The van der Waals surface area contributed by atoms with Gasteiger partial charge in [0.05, 0.1) is 0 Å². The van der Waals surface area contributed by atoms with Crippen molar-refractivity contribution in [1.82, 2.24) is 0 Å². The average molecular weight is 553 g/mol. The van der Waals surface area contributed by atoms with E-state index in [0.717, 1.165) is 6.42 Å². The molecule has 1 aliphatic carbocycles. The van der Waals surface area contributed by atoms with Crippen LogP contribution in [0.4, 0.5) is 0 Å². The van der Waals surface area contributed by atoms with Gasteiger partial charge in [0.15, 0.2) is 0 Å². The van der Waals surface area contributed by atoms with Crippen LogP contribution in [0.2, 0.25) is 0 Å². The number of rotatable bonds is 0. The van der Waals surface area contributed by atoms with E-state index in [2.05, 4.69) is 107 Å². The Morgan fingerprint density at radius 1 is 0.500 bits per heavy atom. The van der Waals surface area contributed by atoms with Crippen LogP contribution in [-0.2, 0) is 48.9 Å². The molecule has 0 spiro atoms. The molecule has 0 aliphatic heterocycles. The summed E-state index contributed by atoms with van der Waals surface area (Å²) < 4.78 is 0. The van der Waals surface area contributed by atoms with Crippen molar-refractivity contribution in [1.29, 1.82) is 0 Å². The molecule has 0 saturated heterocycles. The number of fused-ring (bicyclic) bond motifs is 3. The number of hydrogen-bond donors (Lipinski definition) is 0. The van der Waals surface area contributed by atoms with Crippen molar-refractivity contribution >= 4 is 17.0 Å². The van der Waals surface area contributed by atoms with Crippen LogP contribution in [0.3, 0.4) is 0 Å². The monoisotopic (exact) mass is 550 g/mol. The summed E-state index contributed by atoms with van der Waals surface area (Å²) in [4.78, 5) is 0. The first-order chi connectivity index (χ1) is 14.3. The molecule has 0 unspecified atom stereocenters. The number of hydrogen-bond acceptors (Lipinski definition) is 0. The van der Waals surface area contributed by atoms with E-state index < -0.39 is 20.8 Å². The second kappa shape index (κ2) is 9.51. The van der Waals surface area contributed by atoms with Crippen LogP contribution in [0.15, 0.2) is 24.3 Å². The molecule has 3 rings (SSSR count). The van der Waals surface area contributed by atoms with E-state index in [1.54, 1.807) is 0 Å². The van der Waals surface area contributed by atoms with Crippen LogP contribution in [0.5, 0.6) is 0 Å². The van der Waals surface area contributed by atoms with Crippen molar-refractivity contribution in [3.8, 4) is 11.1 Å². The molecule has 0 saturated carbocycles. The molecule has 0 atom stereocenters. The third kappa shape index (κ3) is 6.12. The van der Waals surface area contributed by atoms with Gasteiger partial charge in [-0.05, 0) is 72.6 Å².